The number of hydrogen-bond acceptors (Lipinski definition) is 4. The monoisotopic (exact) mass is 401 g/mol. The lowest BCUT2D eigenvalue weighted by molar-refractivity contribution is 0.346. The van der Waals surface area contributed by atoms with Crippen molar-refractivity contribution in [1.82, 2.24) is 9.29 Å². The van der Waals surface area contributed by atoms with Gasteiger partial charge in [-0.2, -0.15) is 4.31 Å². The molecule has 0 atom stereocenters. The van der Waals surface area contributed by atoms with Gasteiger partial charge < -0.3 is 5.32 Å². The summed E-state index contributed by atoms with van der Waals surface area (Å²) >= 11 is 6.18. The van der Waals surface area contributed by atoms with Gasteiger partial charge in [-0.25, -0.2) is 13.4 Å². The van der Waals surface area contributed by atoms with E-state index in [4.69, 9.17) is 11.6 Å². The number of halogens is 1. The molecule has 0 bridgehead atoms. The maximum atomic E-state index is 12.9. The fourth-order valence-electron chi connectivity index (χ4n) is 3.29. The largest absolute Gasteiger partial charge is 0.339 e. The number of sulfonamides is 1. The van der Waals surface area contributed by atoms with E-state index in [2.05, 4.69) is 10.3 Å². The number of rotatable bonds is 4. The van der Waals surface area contributed by atoms with Gasteiger partial charge in [-0.05, 0) is 55.3 Å². The molecule has 0 amide bonds. The first-order chi connectivity index (χ1) is 13.0. The Hall–Kier alpha value is -2.15. The van der Waals surface area contributed by atoms with E-state index >= 15 is 0 Å². The summed E-state index contributed by atoms with van der Waals surface area (Å²) in [4.78, 5) is 4.89. The zero-order valence-corrected chi connectivity index (χ0v) is 16.3. The van der Waals surface area contributed by atoms with E-state index in [1.54, 1.807) is 22.5 Å². The molecule has 2 aromatic carbocycles. The van der Waals surface area contributed by atoms with E-state index in [0.717, 1.165) is 35.9 Å². The summed E-state index contributed by atoms with van der Waals surface area (Å²) in [5, 5.41) is 4.59. The molecule has 0 aliphatic carbocycles. The summed E-state index contributed by atoms with van der Waals surface area (Å²) in [5.74, 6) is 0.655. The topological polar surface area (TPSA) is 62.3 Å². The Balaban J connectivity index is 1.63. The summed E-state index contributed by atoms with van der Waals surface area (Å²) < 4.78 is 27.3. The Morgan fingerprint density at radius 2 is 1.74 bits per heavy atom. The van der Waals surface area contributed by atoms with Crippen LogP contribution in [0.2, 0.25) is 5.02 Å². The molecule has 140 valence electrons. The molecule has 1 saturated heterocycles. The first-order valence-corrected chi connectivity index (χ1v) is 10.8. The van der Waals surface area contributed by atoms with Crippen molar-refractivity contribution in [2.45, 2.75) is 24.2 Å². The Kier molecular flexibility index (Phi) is 5.04. The Bertz CT molecular complexity index is 1080. The van der Waals surface area contributed by atoms with Gasteiger partial charge in [0, 0.05) is 18.5 Å². The Morgan fingerprint density at radius 3 is 2.52 bits per heavy atom. The molecule has 1 fully saturated rings. The second kappa shape index (κ2) is 7.46. The van der Waals surface area contributed by atoms with Gasteiger partial charge in [0.2, 0.25) is 10.0 Å². The maximum Gasteiger partial charge on any atom is 0.243 e. The van der Waals surface area contributed by atoms with E-state index in [1.165, 1.54) is 0 Å². The first-order valence-electron chi connectivity index (χ1n) is 8.96. The normalized spacial score (nSPS) is 15.7. The fraction of sp³-hybridized carbons (Fsp3) is 0.250. The second-order valence-electron chi connectivity index (χ2n) is 6.62. The van der Waals surface area contributed by atoms with Crippen LogP contribution in [0.5, 0.6) is 0 Å². The van der Waals surface area contributed by atoms with Gasteiger partial charge in [-0.15, -0.1) is 0 Å². The molecule has 4 rings (SSSR count). The summed E-state index contributed by atoms with van der Waals surface area (Å²) in [5.41, 5.74) is 1.50. The predicted octanol–water partition coefficient (Wildman–Crippen LogP) is 4.81. The highest BCUT2D eigenvalue weighted by Gasteiger charge is 2.26. The van der Waals surface area contributed by atoms with Crippen LogP contribution in [0.3, 0.4) is 0 Å². The molecular weight excluding hydrogens is 382 g/mol. The van der Waals surface area contributed by atoms with Gasteiger partial charge in [-0.1, -0.05) is 30.2 Å². The molecule has 27 heavy (non-hydrogen) atoms. The lowest BCUT2D eigenvalue weighted by atomic mass is 10.2. The van der Waals surface area contributed by atoms with Gasteiger partial charge in [0.25, 0.3) is 0 Å². The van der Waals surface area contributed by atoms with Crippen LogP contribution in [-0.4, -0.2) is 30.8 Å². The van der Waals surface area contributed by atoms with Crippen LogP contribution < -0.4 is 5.32 Å². The zero-order chi connectivity index (χ0) is 18.9. The van der Waals surface area contributed by atoms with Crippen molar-refractivity contribution < 1.29 is 8.42 Å². The van der Waals surface area contributed by atoms with Crippen molar-refractivity contribution in [2.24, 2.45) is 0 Å². The van der Waals surface area contributed by atoms with Crippen molar-refractivity contribution >= 4 is 44.0 Å². The number of nitrogens with zero attached hydrogens (tertiary/aromatic N) is 2. The molecule has 1 aliphatic heterocycles. The molecule has 2 heterocycles. The summed E-state index contributed by atoms with van der Waals surface area (Å²) in [7, 11) is -3.45. The van der Waals surface area contributed by atoms with E-state index in [1.807, 2.05) is 36.4 Å². The van der Waals surface area contributed by atoms with Crippen LogP contribution in [0.25, 0.3) is 10.9 Å². The summed E-state index contributed by atoms with van der Waals surface area (Å²) in [6, 6.07) is 16.2. The van der Waals surface area contributed by atoms with Crippen LogP contribution in [-0.2, 0) is 10.0 Å². The molecule has 0 unspecified atom stereocenters. The average molecular weight is 402 g/mol. The van der Waals surface area contributed by atoms with Crippen LogP contribution >= 0.6 is 11.6 Å². The van der Waals surface area contributed by atoms with E-state index in [0.29, 0.717) is 28.8 Å². The smallest absolute Gasteiger partial charge is 0.243 e. The third-order valence-corrected chi connectivity index (χ3v) is 6.97. The number of piperidine rings is 1. The minimum absolute atomic E-state index is 0.325. The number of hydrogen-bond donors (Lipinski definition) is 1. The molecule has 7 heteroatoms. The Labute approximate surface area is 164 Å². The van der Waals surface area contributed by atoms with E-state index in [9.17, 15) is 8.42 Å². The highest BCUT2D eigenvalue weighted by molar-refractivity contribution is 7.89. The van der Waals surface area contributed by atoms with Crippen molar-refractivity contribution in [1.29, 1.82) is 0 Å². The maximum absolute atomic E-state index is 12.9. The first kappa shape index (κ1) is 18.2. The lowest BCUT2D eigenvalue weighted by Crippen LogP contribution is -2.35. The summed E-state index contributed by atoms with van der Waals surface area (Å²) in [6.45, 7) is 1.19. The number of fused-ring (bicyclic) bond motifs is 1. The van der Waals surface area contributed by atoms with Crippen LogP contribution in [0.15, 0.2) is 59.5 Å². The van der Waals surface area contributed by atoms with Gasteiger partial charge in [0.15, 0.2) is 0 Å². The van der Waals surface area contributed by atoms with Gasteiger partial charge in [0.05, 0.1) is 21.1 Å². The molecule has 1 aromatic heterocycles. The van der Waals surface area contributed by atoms with Gasteiger partial charge in [-0.3, -0.25) is 0 Å². The average Bonchev–Trinajstić information content (AvgIpc) is 2.70. The van der Waals surface area contributed by atoms with Crippen LogP contribution in [0.1, 0.15) is 19.3 Å². The van der Waals surface area contributed by atoms with Gasteiger partial charge in [0.1, 0.15) is 5.82 Å². The van der Waals surface area contributed by atoms with E-state index in [-0.39, 0.29) is 0 Å². The van der Waals surface area contributed by atoms with Crippen LogP contribution in [0, 0.1) is 0 Å². The molecule has 1 N–H and O–H groups in total. The molecule has 0 saturated carbocycles. The Morgan fingerprint density at radius 1 is 0.963 bits per heavy atom. The number of nitrogens with one attached hydrogen (secondary N) is 1. The minimum Gasteiger partial charge on any atom is -0.339 e. The number of benzene rings is 2. The lowest BCUT2D eigenvalue weighted by Gasteiger charge is -2.25. The number of para-hydroxylation sites is 1. The van der Waals surface area contributed by atoms with Crippen molar-refractivity contribution in [3.8, 4) is 0 Å². The molecule has 0 radical (unpaired) electrons. The molecular formula is C20H20ClN3O2S. The van der Waals surface area contributed by atoms with E-state index < -0.39 is 10.0 Å². The minimum atomic E-state index is -3.45. The van der Waals surface area contributed by atoms with Crippen molar-refractivity contribution in [2.75, 3.05) is 18.4 Å². The summed E-state index contributed by atoms with van der Waals surface area (Å²) in [6.07, 6.45) is 2.94. The molecule has 5 nitrogen and oxygen atoms in total. The molecule has 0 spiro atoms. The highest BCUT2D eigenvalue weighted by Crippen LogP contribution is 2.27. The molecule has 3 aromatic rings. The third kappa shape index (κ3) is 3.78. The highest BCUT2D eigenvalue weighted by atomic mass is 35.5. The number of aromatic nitrogens is 1. The van der Waals surface area contributed by atoms with Gasteiger partial charge >= 0.3 is 0 Å². The zero-order valence-electron chi connectivity index (χ0n) is 14.7. The van der Waals surface area contributed by atoms with Crippen molar-refractivity contribution in [3.63, 3.8) is 0 Å². The number of pyridine rings is 1. The fourth-order valence-corrected chi connectivity index (χ4v) is 5.02. The predicted molar refractivity (Wildman–Crippen MR) is 109 cm³/mol. The quantitative estimate of drug-likeness (QED) is 0.681. The van der Waals surface area contributed by atoms with Crippen LogP contribution in [0.4, 0.5) is 11.5 Å². The third-order valence-electron chi connectivity index (χ3n) is 4.75. The standard InChI is InChI=1S/C20H20ClN3O2S/c21-17-6-2-3-7-19(17)23-20-11-8-15-14-16(9-10-18(15)22-20)27(25,26)24-12-4-1-5-13-24/h2-3,6-11,14H,1,4-5,12-13H2,(H,22,23). The second-order valence-corrected chi connectivity index (χ2v) is 8.97. The molecule has 1 aliphatic rings. The number of anilines is 2. The SMILES string of the molecule is O=S(=O)(c1ccc2nc(Nc3ccccc3Cl)ccc2c1)N1CCCCC1. The van der Waals surface area contributed by atoms with Crippen molar-refractivity contribution in [3.05, 3.63) is 59.6 Å².